The average Bonchev–Trinajstić information content (AvgIpc) is 2.23. The fourth-order valence-electron chi connectivity index (χ4n) is 2.31. The van der Waals surface area contributed by atoms with Gasteiger partial charge in [-0.05, 0) is 18.9 Å². The summed E-state index contributed by atoms with van der Waals surface area (Å²) in [6, 6.07) is 0.110. The smallest absolute Gasteiger partial charge is 0.234 e. The number of amides is 2. The molecule has 104 valence electrons. The number of hydrogen-bond donors (Lipinski definition) is 1. The second-order valence-electron chi connectivity index (χ2n) is 6.90. The molecule has 0 bridgehead atoms. The molecule has 0 aromatic carbocycles. The predicted octanol–water partition coefficient (Wildman–Crippen LogP) is 1.80. The van der Waals surface area contributed by atoms with E-state index in [0.717, 1.165) is 0 Å². The zero-order valence-corrected chi connectivity index (χ0v) is 12.5. The molecule has 1 unspecified atom stereocenters. The fourth-order valence-corrected chi connectivity index (χ4v) is 2.31. The fraction of sp³-hybridized carbons (Fsp3) is 0.857. The summed E-state index contributed by atoms with van der Waals surface area (Å²) in [5.74, 6) is -0.0768. The molecule has 1 rings (SSSR count). The number of rotatable bonds is 3. The van der Waals surface area contributed by atoms with Crippen molar-refractivity contribution < 1.29 is 9.59 Å². The topological polar surface area (TPSA) is 49.4 Å². The minimum absolute atomic E-state index is 0.0108. The Labute approximate surface area is 110 Å². The van der Waals surface area contributed by atoms with Crippen molar-refractivity contribution in [3.05, 3.63) is 0 Å². The molecule has 1 atom stereocenters. The van der Waals surface area contributed by atoms with Crippen LogP contribution >= 0.6 is 0 Å². The second-order valence-corrected chi connectivity index (χ2v) is 6.90. The molecular formula is C14H26N2O2. The van der Waals surface area contributed by atoms with Crippen molar-refractivity contribution >= 4 is 11.8 Å². The first-order valence-corrected chi connectivity index (χ1v) is 6.61. The number of hydrogen-bond acceptors (Lipinski definition) is 3. The van der Waals surface area contributed by atoms with Gasteiger partial charge in [0.1, 0.15) is 0 Å². The second kappa shape index (κ2) is 5.00. The van der Waals surface area contributed by atoms with E-state index in [9.17, 15) is 9.59 Å². The van der Waals surface area contributed by atoms with Gasteiger partial charge in [0, 0.05) is 24.4 Å². The summed E-state index contributed by atoms with van der Waals surface area (Å²) in [6.07, 6.45) is 1.13. The highest BCUT2D eigenvalue weighted by Gasteiger charge is 2.41. The molecule has 4 nitrogen and oxygen atoms in total. The van der Waals surface area contributed by atoms with Crippen LogP contribution in [-0.2, 0) is 9.59 Å². The van der Waals surface area contributed by atoms with Crippen molar-refractivity contribution in [2.24, 2.45) is 10.8 Å². The summed E-state index contributed by atoms with van der Waals surface area (Å²) in [6.45, 7) is 10.6. The van der Waals surface area contributed by atoms with Crippen LogP contribution in [0.3, 0.4) is 0 Å². The zero-order valence-electron chi connectivity index (χ0n) is 12.5. The van der Waals surface area contributed by atoms with Gasteiger partial charge in [0.25, 0.3) is 0 Å². The number of likely N-dealkylation sites (N-methyl/N-ethyl adjacent to an activating group) is 1. The number of imide groups is 1. The molecule has 0 spiro atoms. The van der Waals surface area contributed by atoms with Gasteiger partial charge in [0.15, 0.2) is 0 Å². The molecule has 0 radical (unpaired) electrons. The maximum absolute atomic E-state index is 12.3. The molecule has 4 heteroatoms. The highest BCUT2D eigenvalue weighted by atomic mass is 16.2. The number of nitrogens with one attached hydrogen (secondary N) is 1. The molecule has 0 aromatic rings. The van der Waals surface area contributed by atoms with Crippen molar-refractivity contribution in [2.75, 3.05) is 13.6 Å². The largest absolute Gasteiger partial charge is 0.315 e. The quantitative estimate of drug-likeness (QED) is 0.781. The molecule has 1 fully saturated rings. The molecule has 0 saturated carbocycles. The third-order valence-corrected chi connectivity index (χ3v) is 3.85. The van der Waals surface area contributed by atoms with Gasteiger partial charge in [-0.2, -0.15) is 0 Å². The number of likely N-dealkylation sites (tertiary alicyclic amines) is 1. The van der Waals surface area contributed by atoms with Gasteiger partial charge >= 0.3 is 0 Å². The lowest BCUT2D eigenvalue weighted by Crippen LogP contribution is -2.55. The zero-order chi connectivity index (χ0) is 14.1. The van der Waals surface area contributed by atoms with Gasteiger partial charge in [0.2, 0.25) is 11.8 Å². The van der Waals surface area contributed by atoms with Crippen LogP contribution in [0.1, 0.15) is 47.5 Å². The van der Waals surface area contributed by atoms with Crippen molar-refractivity contribution in [2.45, 2.75) is 53.5 Å². The first-order chi connectivity index (χ1) is 8.09. The maximum Gasteiger partial charge on any atom is 0.234 e. The monoisotopic (exact) mass is 254 g/mol. The summed E-state index contributed by atoms with van der Waals surface area (Å²) in [5, 5.41) is 3.21. The minimum atomic E-state index is -0.413. The molecule has 1 aliphatic heterocycles. The van der Waals surface area contributed by atoms with Gasteiger partial charge in [-0.15, -0.1) is 0 Å². The van der Waals surface area contributed by atoms with Crippen LogP contribution in [0.15, 0.2) is 0 Å². The standard InChI is InChI=1S/C14H26N2O2/c1-13(2,3)10(15-6)9-16-11(17)7-8-14(4,5)12(16)18/h10,15H,7-9H2,1-6H3. The molecule has 1 aliphatic rings. The Morgan fingerprint density at radius 2 is 1.89 bits per heavy atom. The Hall–Kier alpha value is -0.900. The van der Waals surface area contributed by atoms with E-state index in [4.69, 9.17) is 0 Å². The molecular weight excluding hydrogens is 228 g/mol. The molecule has 0 aromatic heterocycles. The van der Waals surface area contributed by atoms with E-state index >= 15 is 0 Å². The van der Waals surface area contributed by atoms with Crippen molar-refractivity contribution in [1.29, 1.82) is 0 Å². The third-order valence-electron chi connectivity index (χ3n) is 3.85. The number of carbonyl (C=O) groups is 2. The number of nitrogens with zero attached hydrogens (tertiary/aromatic N) is 1. The van der Waals surface area contributed by atoms with E-state index in [1.165, 1.54) is 4.90 Å². The molecule has 1 heterocycles. The van der Waals surface area contributed by atoms with Crippen LogP contribution in [0.2, 0.25) is 0 Å². The van der Waals surface area contributed by atoms with E-state index in [1.54, 1.807) is 0 Å². The van der Waals surface area contributed by atoms with E-state index in [0.29, 0.717) is 19.4 Å². The summed E-state index contributed by atoms with van der Waals surface area (Å²) in [4.78, 5) is 25.7. The van der Waals surface area contributed by atoms with Crippen LogP contribution in [0.5, 0.6) is 0 Å². The van der Waals surface area contributed by atoms with Gasteiger partial charge in [-0.3, -0.25) is 14.5 Å². The normalized spacial score (nSPS) is 22.2. The third kappa shape index (κ3) is 3.10. The lowest BCUT2D eigenvalue weighted by atomic mass is 9.81. The average molecular weight is 254 g/mol. The molecule has 2 amide bonds. The first-order valence-electron chi connectivity index (χ1n) is 6.61. The summed E-state index contributed by atoms with van der Waals surface area (Å²) >= 11 is 0. The summed E-state index contributed by atoms with van der Waals surface area (Å²) < 4.78 is 0. The van der Waals surface area contributed by atoms with E-state index in [-0.39, 0.29) is 23.3 Å². The van der Waals surface area contributed by atoms with Crippen LogP contribution in [0.25, 0.3) is 0 Å². The van der Waals surface area contributed by atoms with E-state index < -0.39 is 5.41 Å². The van der Waals surface area contributed by atoms with Crippen molar-refractivity contribution in [3.63, 3.8) is 0 Å². The maximum atomic E-state index is 12.3. The van der Waals surface area contributed by atoms with Crippen LogP contribution in [0, 0.1) is 10.8 Å². The van der Waals surface area contributed by atoms with Gasteiger partial charge in [-0.1, -0.05) is 34.6 Å². The highest BCUT2D eigenvalue weighted by Crippen LogP contribution is 2.31. The molecule has 18 heavy (non-hydrogen) atoms. The Morgan fingerprint density at radius 1 is 1.33 bits per heavy atom. The minimum Gasteiger partial charge on any atom is -0.315 e. The Bertz CT molecular complexity index is 342. The number of piperidine rings is 1. The van der Waals surface area contributed by atoms with Crippen LogP contribution in [0.4, 0.5) is 0 Å². The van der Waals surface area contributed by atoms with Crippen molar-refractivity contribution in [3.8, 4) is 0 Å². The van der Waals surface area contributed by atoms with E-state index in [1.807, 2.05) is 20.9 Å². The Kier molecular flexibility index (Phi) is 4.21. The van der Waals surface area contributed by atoms with E-state index in [2.05, 4.69) is 26.1 Å². The van der Waals surface area contributed by atoms with Gasteiger partial charge in [-0.25, -0.2) is 0 Å². The number of carbonyl (C=O) groups excluding carboxylic acids is 2. The molecule has 1 saturated heterocycles. The summed E-state index contributed by atoms with van der Waals surface area (Å²) in [5.41, 5.74) is -0.402. The summed E-state index contributed by atoms with van der Waals surface area (Å²) in [7, 11) is 1.87. The molecule has 0 aliphatic carbocycles. The SMILES string of the molecule is CNC(CN1C(=O)CCC(C)(C)C1=O)C(C)(C)C. The van der Waals surface area contributed by atoms with Gasteiger partial charge in [0.05, 0.1) is 0 Å². The Balaban J connectivity index is 2.87. The van der Waals surface area contributed by atoms with Gasteiger partial charge < -0.3 is 5.32 Å². The lowest BCUT2D eigenvalue weighted by molar-refractivity contribution is -0.156. The Morgan fingerprint density at radius 3 is 2.33 bits per heavy atom. The lowest BCUT2D eigenvalue weighted by Gasteiger charge is -2.40. The molecule has 1 N–H and O–H groups in total. The highest BCUT2D eigenvalue weighted by molar-refractivity contribution is 6.00. The van der Waals surface area contributed by atoms with Crippen LogP contribution < -0.4 is 5.32 Å². The predicted molar refractivity (Wildman–Crippen MR) is 72.0 cm³/mol. The van der Waals surface area contributed by atoms with Crippen molar-refractivity contribution in [1.82, 2.24) is 10.2 Å². The first kappa shape index (κ1) is 15.2. The van der Waals surface area contributed by atoms with Crippen LogP contribution in [-0.4, -0.2) is 36.3 Å².